The summed E-state index contributed by atoms with van der Waals surface area (Å²) in [7, 11) is 1.62. The Balaban J connectivity index is 0.00000338. The molecular formula is C19H30ClN3O3. The maximum Gasteiger partial charge on any atom is 0.225 e. The molecule has 0 radical (unpaired) electrons. The number of carbonyl (C=O) groups is 2. The molecule has 0 saturated carbocycles. The summed E-state index contributed by atoms with van der Waals surface area (Å²) in [5, 5.41) is 3.05. The summed E-state index contributed by atoms with van der Waals surface area (Å²) < 4.78 is 5.14. The van der Waals surface area contributed by atoms with Crippen LogP contribution in [0.15, 0.2) is 24.3 Å². The second-order valence-electron chi connectivity index (χ2n) is 7.29. The van der Waals surface area contributed by atoms with Crippen molar-refractivity contribution in [2.45, 2.75) is 39.3 Å². The van der Waals surface area contributed by atoms with Crippen LogP contribution in [0.2, 0.25) is 0 Å². The fourth-order valence-electron chi connectivity index (χ4n) is 2.87. The van der Waals surface area contributed by atoms with Gasteiger partial charge in [-0.15, -0.1) is 12.4 Å². The van der Waals surface area contributed by atoms with Crippen molar-refractivity contribution in [3.05, 3.63) is 29.8 Å². The summed E-state index contributed by atoms with van der Waals surface area (Å²) >= 11 is 0. The number of amides is 2. The van der Waals surface area contributed by atoms with Gasteiger partial charge < -0.3 is 20.7 Å². The van der Waals surface area contributed by atoms with Gasteiger partial charge in [0.1, 0.15) is 5.75 Å². The van der Waals surface area contributed by atoms with E-state index < -0.39 is 5.54 Å². The largest absolute Gasteiger partial charge is 0.497 e. The van der Waals surface area contributed by atoms with E-state index in [1.54, 1.807) is 12.0 Å². The van der Waals surface area contributed by atoms with Crippen LogP contribution in [0.25, 0.3) is 0 Å². The van der Waals surface area contributed by atoms with Crippen LogP contribution in [0.4, 0.5) is 0 Å². The van der Waals surface area contributed by atoms with E-state index in [2.05, 4.69) is 5.32 Å². The number of rotatable bonds is 7. The molecule has 7 heteroatoms. The molecule has 1 aliphatic heterocycles. The number of halogens is 1. The molecule has 6 nitrogen and oxygen atoms in total. The Bertz CT molecular complexity index is 621. The van der Waals surface area contributed by atoms with Gasteiger partial charge >= 0.3 is 0 Å². The van der Waals surface area contributed by atoms with Gasteiger partial charge in [0.2, 0.25) is 11.8 Å². The zero-order valence-corrected chi connectivity index (χ0v) is 16.8. The minimum absolute atomic E-state index is 0. The molecule has 1 aliphatic rings. The van der Waals surface area contributed by atoms with Gasteiger partial charge in [0, 0.05) is 26.1 Å². The van der Waals surface area contributed by atoms with Crippen LogP contribution in [0.5, 0.6) is 5.75 Å². The number of hydrogen-bond donors (Lipinski definition) is 2. The zero-order valence-electron chi connectivity index (χ0n) is 16.0. The van der Waals surface area contributed by atoms with Crippen molar-refractivity contribution in [3.8, 4) is 5.75 Å². The number of nitrogens with zero attached hydrogens (tertiary/aromatic N) is 1. The molecule has 2 atom stereocenters. The molecular weight excluding hydrogens is 354 g/mol. The smallest absolute Gasteiger partial charge is 0.225 e. The Morgan fingerprint density at radius 2 is 2.00 bits per heavy atom. The van der Waals surface area contributed by atoms with Gasteiger partial charge in [-0.05, 0) is 30.5 Å². The highest BCUT2D eigenvalue weighted by Gasteiger charge is 2.37. The first kappa shape index (κ1) is 22.3. The summed E-state index contributed by atoms with van der Waals surface area (Å²) in [4.78, 5) is 26.6. The standard InChI is InChI=1S/C19H29N3O3.ClH/c1-13(2)19(3,12-20)21-18(24)15-9-17(23)22(11-15)10-14-5-7-16(25-4)8-6-14;/h5-8,13,15H,9-12,20H2,1-4H3,(H,21,24);1H. The van der Waals surface area contributed by atoms with Crippen LogP contribution in [-0.2, 0) is 16.1 Å². The van der Waals surface area contributed by atoms with Crippen LogP contribution in [-0.4, -0.2) is 42.5 Å². The normalized spacial score (nSPS) is 19.1. The molecule has 0 aliphatic carbocycles. The minimum atomic E-state index is -0.455. The van der Waals surface area contributed by atoms with E-state index in [9.17, 15) is 9.59 Å². The van der Waals surface area contributed by atoms with Crippen molar-refractivity contribution in [1.29, 1.82) is 0 Å². The molecule has 3 N–H and O–H groups in total. The molecule has 1 aromatic rings. The fourth-order valence-corrected chi connectivity index (χ4v) is 2.87. The van der Waals surface area contributed by atoms with Crippen LogP contribution in [0, 0.1) is 11.8 Å². The molecule has 0 aromatic heterocycles. The second-order valence-corrected chi connectivity index (χ2v) is 7.29. The van der Waals surface area contributed by atoms with Crippen molar-refractivity contribution in [2.24, 2.45) is 17.6 Å². The Hall–Kier alpha value is -1.79. The average molecular weight is 384 g/mol. The highest BCUT2D eigenvalue weighted by atomic mass is 35.5. The first-order valence-electron chi connectivity index (χ1n) is 8.72. The van der Waals surface area contributed by atoms with Crippen LogP contribution in [0.1, 0.15) is 32.8 Å². The molecule has 1 saturated heterocycles. The van der Waals surface area contributed by atoms with E-state index >= 15 is 0 Å². The molecule has 2 amide bonds. The summed E-state index contributed by atoms with van der Waals surface area (Å²) in [6.07, 6.45) is 0.251. The average Bonchev–Trinajstić information content (AvgIpc) is 2.96. The summed E-state index contributed by atoms with van der Waals surface area (Å²) in [6, 6.07) is 7.61. The van der Waals surface area contributed by atoms with Gasteiger partial charge in [0.25, 0.3) is 0 Å². The van der Waals surface area contributed by atoms with E-state index in [1.807, 2.05) is 45.0 Å². The van der Waals surface area contributed by atoms with Gasteiger partial charge in [0.15, 0.2) is 0 Å². The Morgan fingerprint density at radius 3 is 2.50 bits per heavy atom. The predicted octanol–water partition coefficient (Wildman–Crippen LogP) is 1.96. The molecule has 2 unspecified atom stereocenters. The molecule has 1 heterocycles. The van der Waals surface area contributed by atoms with Gasteiger partial charge in [-0.3, -0.25) is 9.59 Å². The fraction of sp³-hybridized carbons (Fsp3) is 0.579. The molecule has 0 bridgehead atoms. The number of benzene rings is 1. The number of nitrogens with two attached hydrogens (primary N) is 1. The van der Waals surface area contributed by atoms with E-state index in [4.69, 9.17) is 10.5 Å². The van der Waals surface area contributed by atoms with Crippen LogP contribution in [0.3, 0.4) is 0 Å². The van der Waals surface area contributed by atoms with Crippen molar-refractivity contribution >= 4 is 24.2 Å². The lowest BCUT2D eigenvalue weighted by Crippen LogP contribution is -2.56. The lowest BCUT2D eigenvalue weighted by molar-refractivity contribution is -0.130. The number of likely N-dealkylation sites (tertiary alicyclic amines) is 1. The van der Waals surface area contributed by atoms with E-state index in [0.29, 0.717) is 19.6 Å². The first-order valence-corrected chi connectivity index (χ1v) is 8.72. The third-order valence-electron chi connectivity index (χ3n) is 5.22. The number of methoxy groups -OCH3 is 1. The highest BCUT2D eigenvalue weighted by Crippen LogP contribution is 2.23. The molecule has 0 spiro atoms. The van der Waals surface area contributed by atoms with E-state index in [0.717, 1.165) is 11.3 Å². The lowest BCUT2D eigenvalue weighted by atomic mass is 9.87. The number of hydrogen-bond acceptors (Lipinski definition) is 4. The number of nitrogens with one attached hydrogen (secondary N) is 1. The van der Waals surface area contributed by atoms with Crippen molar-refractivity contribution in [3.63, 3.8) is 0 Å². The van der Waals surface area contributed by atoms with Gasteiger partial charge in [-0.25, -0.2) is 0 Å². The number of carbonyl (C=O) groups excluding carboxylic acids is 2. The van der Waals surface area contributed by atoms with Crippen LogP contribution < -0.4 is 15.8 Å². The Labute approximate surface area is 161 Å². The van der Waals surface area contributed by atoms with Crippen LogP contribution >= 0.6 is 12.4 Å². The van der Waals surface area contributed by atoms with Gasteiger partial charge in [-0.1, -0.05) is 26.0 Å². The monoisotopic (exact) mass is 383 g/mol. The minimum Gasteiger partial charge on any atom is -0.497 e. The Kier molecular flexibility index (Phi) is 7.90. The number of ether oxygens (including phenoxy) is 1. The molecule has 146 valence electrons. The van der Waals surface area contributed by atoms with E-state index in [-0.39, 0.29) is 42.5 Å². The highest BCUT2D eigenvalue weighted by molar-refractivity contribution is 5.89. The first-order chi connectivity index (χ1) is 11.8. The predicted molar refractivity (Wildman–Crippen MR) is 104 cm³/mol. The molecule has 1 fully saturated rings. The SMILES string of the molecule is COc1ccc(CN2CC(C(=O)NC(C)(CN)C(C)C)CC2=O)cc1.Cl. The quantitative estimate of drug-likeness (QED) is 0.753. The van der Waals surface area contributed by atoms with E-state index in [1.165, 1.54) is 0 Å². The third kappa shape index (κ3) is 5.11. The van der Waals surface area contributed by atoms with Crippen molar-refractivity contribution in [1.82, 2.24) is 10.2 Å². The van der Waals surface area contributed by atoms with Crippen molar-refractivity contribution < 1.29 is 14.3 Å². The summed E-state index contributed by atoms with van der Waals surface area (Å²) in [6.45, 7) is 7.32. The lowest BCUT2D eigenvalue weighted by Gasteiger charge is -2.34. The third-order valence-corrected chi connectivity index (χ3v) is 5.22. The molecule has 26 heavy (non-hydrogen) atoms. The van der Waals surface area contributed by atoms with Crippen molar-refractivity contribution in [2.75, 3.05) is 20.2 Å². The van der Waals surface area contributed by atoms with Gasteiger partial charge in [-0.2, -0.15) is 0 Å². The summed E-state index contributed by atoms with van der Waals surface area (Å²) in [5.74, 6) is 0.593. The second kappa shape index (κ2) is 9.24. The topological polar surface area (TPSA) is 84.7 Å². The summed E-state index contributed by atoms with van der Waals surface area (Å²) in [5.41, 5.74) is 6.40. The zero-order chi connectivity index (χ0) is 18.6. The Morgan fingerprint density at radius 1 is 1.38 bits per heavy atom. The molecule has 2 rings (SSSR count). The maximum absolute atomic E-state index is 12.6. The maximum atomic E-state index is 12.6. The molecule has 1 aromatic carbocycles. The van der Waals surface area contributed by atoms with Gasteiger partial charge in [0.05, 0.1) is 18.6 Å².